The number of aliphatic hydroxyl groups excluding tert-OH is 1. The van der Waals surface area contributed by atoms with E-state index in [0.29, 0.717) is 24.7 Å². The minimum atomic E-state index is -4.54. The molecule has 0 spiro atoms. The first-order valence-corrected chi connectivity index (χ1v) is 16.3. The number of fused-ring (bicyclic) bond motifs is 7. The molecular formula is C30H50O7S. The molecule has 38 heavy (non-hydrogen) atoms. The first-order chi connectivity index (χ1) is 17.4. The third-order valence-electron chi connectivity index (χ3n) is 14.1. The summed E-state index contributed by atoms with van der Waals surface area (Å²) < 4.78 is 36.6. The molecule has 0 radical (unpaired) electrons. The highest BCUT2D eigenvalue weighted by molar-refractivity contribution is 7.80. The molecule has 3 N–H and O–H groups in total. The van der Waals surface area contributed by atoms with Gasteiger partial charge in [0, 0.05) is 0 Å². The molecule has 5 rings (SSSR count). The van der Waals surface area contributed by atoms with E-state index in [1.807, 2.05) is 6.92 Å². The summed E-state index contributed by atoms with van der Waals surface area (Å²) in [5, 5.41) is 21.5. The number of aliphatic hydroxyl groups is 1. The minimum Gasteiger partial charge on any atom is -0.481 e. The number of rotatable bonds is 5. The molecular weight excluding hydrogens is 504 g/mol. The van der Waals surface area contributed by atoms with Crippen molar-refractivity contribution in [2.24, 2.45) is 62.6 Å². The molecule has 5 aliphatic rings. The van der Waals surface area contributed by atoms with E-state index in [0.717, 1.165) is 51.4 Å². The Labute approximate surface area is 229 Å². The van der Waals surface area contributed by atoms with E-state index in [1.165, 1.54) is 0 Å². The first-order valence-electron chi connectivity index (χ1n) is 15.0. The largest absolute Gasteiger partial charge is 0.481 e. The van der Waals surface area contributed by atoms with E-state index in [-0.39, 0.29) is 58.0 Å². The molecule has 11 atom stereocenters. The first kappa shape index (κ1) is 28.8. The van der Waals surface area contributed by atoms with Gasteiger partial charge in [-0.2, -0.15) is 8.42 Å². The van der Waals surface area contributed by atoms with Gasteiger partial charge in [-0.05, 0) is 121 Å². The van der Waals surface area contributed by atoms with Gasteiger partial charge in [0.05, 0.1) is 18.1 Å². The van der Waals surface area contributed by atoms with Crippen LogP contribution >= 0.6 is 0 Å². The van der Waals surface area contributed by atoms with Crippen LogP contribution < -0.4 is 0 Å². The summed E-state index contributed by atoms with van der Waals surface area (Å²) in [5.41, 5.74) is -0.610. The van der Waals surface area contributed by atoms with E-state index < -0.39 is 21.8 Å². The fraction of sp³-hybridized carbons (Fsp3) is 0.967. The lowest BCUT2D eigenvalue weighted by atomic mass is 9.32. The van der Waals surface area contributed by atoms with Crippen LogP contribution in [0.15, 0.2) is 0 Å². The van der Waals surface area contributed by atoms with Crippen LogP contribution in [-0.2, 0) is 19.4 Å². The fourth-order valence-electron chi connectivity index (χ4n) is 12.0. The molecule has 0 aliphatic heterocycles. The summed E-state index contributed by atoms with van der Waals surface area (Å²) in [7, 11) is -4.54. The molecule has 0 aromatic carbocycles. The van der Waals surface area contributed by atoms with E-state index in [1.54, 1.807) is 0 Å². The monoisotopic (exact) mass is 554 g/mol. The molecule has 0 bridgehead atoms. The van der Waals surface area contributed by atoms with E-state index in [9.17, 15) is 28.0 Å². The zero-order valence-electron chi connectivity index (χ0n) is 24.2. The van der Waals surface area contributed by atoms with E-state index in [2.05, 4.69) is 34.6 Å². The van der Waals surface area contributed by atoms with Gasteiger partial charge in [0.2, 0.25) is 0 Å². The summed E-state index contributed by atoms with van der Waals surface area (Å²) in [5.74, 6) is 0.456. The number of aliphatic carboxylic acids is 1. The number of carboxylic acid groups (broad SMARTS) is 1. The molecule has 5 fully saturated rings. The maximum absolute atomic E-state index is 12.9. The number of hydrogen-bond acceptors (Lipinski definition) is 5. The SMILES string of the molecule is CC(COS(=O)(=O)O)C1CC[C@]2(C(=O)O)CC[C@]3(C)C(CCC4[C@@]5(C)CC[C@H](O)C(C)(C)C5CC[C@]43C)C12. The molecule has 5 saturated carbocycles. The third-order valence-corrected chi connectivity index (χ3v) is 14.5. The van der Waals surface area contributed by atoms with Crippen LogP contribution in [0.2, 0.25) is 0 Å². The van der Waals surface area contributed by atoms with E-state index in [4.69, 9.17) is 4.18 Å². The number of carbonyl (C=O) groups is 1. The lowest BCUT2D eigenvalue weighted by Gasteiger charge is -2.72. The standard InChI is InChI=1S/C30H50O7S/c1-18(17-37-38(34,35)36)19-9-14-30(25(32)33)16-15-28(5)20(24(19)30)7-8-22-27(4)12-11-23(31)26(2,3)21(27)10-13-29(22,28)6/h18-24,31H,7-17H2,1-6H3,(H,32,33)(H,34,35,36)/t18?,19?,20?,21?,22?,23-,24?,27-,28+,29+,30-/m0/s1. The third kappa shape index (κ3) is 3.82. The summed E-state index contributed by atoms with van der Waals surface area (Å²) in [6, 6.07) is 0. The second-order valence-electron chi connectivity index (χ2n) is 15.4. The molecule has 0 aromatic heterocycles. The highest BCUT2D eigenvalue weighted by atomic mass is 32.3. The Bertz CT molecular complexity index is 1070. The Morgan fingerprint density at radius 1 is 0.895 bits per heavy atom. The second kappa shape index (κ2) is 8.90. The summed E-state index contributed by atoms with van der Waals surface area (Å²) >= 11 is 0. The predicted molar refractivity (Wildman–Crippen MR) is 144 cm³/mol. The quantitative estimate of drug-likeness (QED) is 0.358. The van der Waals surface area contributed by atoms with Gasteiger partial charge in [-0.1, -0.05) is 41.5 Å². The molecule has 0 heterocycles. The summed E-state index contributed by atoms with van der Waals surface area (Å²) in [4.78, 5) is 12.9. The second-order valence-corrected chi connectivity index (χ2v) is 16.5. The van der Waals surface area contributed by atoms with Gasteiger partial charge in [0.25, 0.3) is 0 Å². The van der Waals surface area contributed by atoms with Crippen molar-refractivity contribution in [3.8, 4) is 0 Å². The van der Waals surface area contributed by atoms with Crippen LogP contribution in [-0.4, -0.2) is 41.9 Å². The molecule has 0 amide bonds. The topological polar surface area (TPSA) is 121 Å². The fourth-order valence-corrected chi connectivity index (χ4v) is 12.3. The average Bonchev–Trinajstić information content (AvgIpc) is 3.21. The zero-order chi connectivity index (χ0) is 28.1. The maximum Gasteiger partial charge on any atom is 0.397 e. The Balaban J connectivity index is 1.51. The van der Waals surface area contributed by atoms with Crippen molar-refractivity contribution >= 4 is 16.4 Å². The molecule has 5 aliphatic carbocycles. The Morgan fingerprint density at radius 2 is 1.58 bits per heavy atom. The number of carboxylic acids is 1. The van der Waals surface area contributed by atoms with Crippen molar-refractivity contribution in [3.05, 3.63) is 0 Å². The lowest BCUT2D eigenvalue weighted by molar-refractivity contribution is -0.249. The Hall–Kier alpha value is -0.700. The van der Waals surface area contributed by atoms with Gasteiger partial charge < -0.3 is 10.2 Å². The number of hydrogen-bond donors (Lipinski definition) is 3. The summed E-state index contributed by atoms with van der Waals surface area (Å²) in [6.45, 7) is 13.8. The molecule has 6 unspecified atom stereocenters. The summed E-state index contributed by atoms with van der Waals surface area (Å²) in [6.07, 6.45) is 8.94. The van der Waals surface area contributed by atoms with E-state index >= 15 is 0 Å². The Morgan fingerprint density at radius 3 is 2.21 bits per heavy atom. The van der Waals surface area contributed by atoms with Gasteiger partial charge in [0.15, 0.2) is 0 Å². The van der Waals surface area contributed by atoms with Gasteiger partial charge in [-0.15, -0.1) is 0 Å². The van der Waals surface area contributed by atoms with Gasteiger partial charge >= 0.3 is 16.4 Å². The molecule has 0 saturated heterocycles. The zero-order valence-corrected chi connectivity index (χ0v) is 25.0. The van der Waals surface area contributed by atoms with Crippen LogP contribution in [0, 0.1) is 62.6 Å². The van der Waals surface area contributed by atoms with Crippen LogP contribution in [0.3, 0.4) is 0 Å². The van der Waals surface area contributed by atoms with Gasteiger partial charge in [0.1, 0.15) is 0 Å². The highest BCUT2D eigenvalue weighted by Gasteiger charge is 2.72. The van der Waals surface area contributed by atoms with Crippen molar-refractivity contribution < 1.29 is 32.2 Å². The van der Waals surface area contributed by atoms with Crippen molar-refractivity contribution in [3.63, 3.8) is 0 Å². The smallest absolute Gasteiger partial charge is 0.397 e. The predicted octanol–water partition coefficient (Wildman–Crippen LogP) is 5.97. The van der Waals surface area contributed by atoms with Crippen molar-refractivity contribution in [2.45, 2.75) is 112 Å². The minimum absolute atomic E-state index is 0.0000581. The molecule has 0 aromatic rings. The van der Waals surface area contributed by atoms with Crippen molar-refractivity contribution in [1.29, 1.82) is 0 Å². The molecule has 7 nitrogen and oxygen atoms in total. The van der Waals surface area contributed by atoms with Crippen LogP contribution in [0.5, 0.6) is 0 Å². The Kier molecular flexibility index (Phi) is 6.75. The molecule has 8 heteroatoms. The average molecular weight is 555 g/mol. The van der Waals surface area contributed by atoms with Crippen molar-refractivity contribution in [2.75, 3.05) is 6.61 Å². The molecule has 218 valence electrons. The highest BCUT2D eigenvalue weighted by Crippen LogP contribution is 2.77. The maximum atomic E-state index is 12.9. The van der Waals surface area contributed by atoms with Gasteiger partial charge in [-0.3, -0.25) is 9.35 Å². The van der Waals surface area contributed by atoms with Crippen LogP contribution in [0.1, 0.15) is 106 Å². The van der Waals surface area contributed by atoms with Crippen LogP contribution in [0.25, 0.3) is 0 Å². The normalized spacial score (nSPS) is 50.7. The lowest BCUT2D eigenvalue weighted by Crippen LogP contribution is -2.67. The van der Waals surface area contributed by atoms with Crippen molar-refractivity contribution in [1.82, 2.24) is 0 Å². The van der Waals surface area contributed by atoms with Crippen LogP contribution in [0.4, 0.5) is 0 Å². The van der Waals surface area contributed by atoms with Gasteiger partial charge in [-0.25, -0.2) is 4.18 Å².